The summed E-state index contributed by atoms with van der Waals surface area (Å²) in [5.41, 5.74) is 1.19. The second-order valence-corrected chi connectivity index (χ2v) is 6.31. The predicted molar refractivity (Wildman–Crippen MR) is 97.3 cm³/mol. The van der Waals surface area contributed by atoms with Crippen LogP contribution < -0.4 is 0 Å². The molecule has 1 aromatic rings. The topological polar surface area (TPSA) is 23.6 Å². The lowest BCUT2D eigenvalue weighted by molar-refractivity contribution is -0.131. The molecular formula is C20H30N2O. The normalized spacial score (nSPS) is 15.3. The average molecular weight is 314 g/mol. The maximum absolute atomic E-state index is 12.4. The Kier molecular flexibility index (Phi) is 7.88. The third kappa shape index (κ3) is 6.57. The van der Waals surface area contributed by atoms with E-state index in [-0.39, 0.29) is 0 Å². The van der Waals surface area contributed by atoms with Crippen LogP contribution in [0.2, 0.25) is 0 Å². The molecule has 0 radical (unpaired) electrons. The molecular weight excluding hydrogens is 284 g/mol. The molecule has 1 heterocycles. The van der Waals surface area contributed by atoms with E-state index in [4.69, 9.17) is 0 Å². The smallest absolute Gasteiger partial charge is 0.222 e. The fourth-order valence-electron chi connectivity index (χ4n) is 2.95. The van der Waals surface area contributed by atoms with E-state index in [0.29, 0.717) is 18.9 Å². The van der Waals surface area contributed by atoms with E-state index in [0.717, 1.165) is 25.9 Å². The van der Waals surface area contributed by atoms with E-state index in [9.17, 15) is 4.79 Å². The lowest BCUT2D eigenvalue weighted by atomic mass is 10.2. The second-order valence-electron chi connectivity index (χ2n) is 6.31. The third-order valence-corrected chi connectivity index (χ3v) is 4.42. The maximum Gasteiger partial charge on any atom is 0.222 e. The largest absolute Gasteiger partial charge is 0.338 e. The SMILES string of the molecule is CCCCC(=O)N(C/C=C/c1ccccc1)CCN1CCCC1. The molecule has 0 bridgehead atoms. The van der Waals surface area contributed by atoms with E-state index in [1.165, 1.54) is 31.5 Å². The molecule has 23 heavy (non-hydrogen) atoms. The van der Waals surface area contributed by atoms with Crippen molar-refractivity contribution < 1.29 is 4.79 Å². The minimum atomic E-state index is 0.295. The fourth-order valence-corrected chi connectivity index (χ4v) is 2.95. The van der Waals surface area contributed by atoms with Gasteiger partial charge < -0.3 is 9.80 Å². The molecule has 1 fully saturated rings. The fraction of sp³-hybridized carbons (Fsp3) is 0.550. The molecule has 0 unspecified atom stereocenters. The minimum absolute atomic E-state index is 0.295. The summed E-state index contributed by atoms with van der Waals surface area (Å²) in [7, 11) is 0. The first kappa shape index (κ1) is 17.7. The van der Waals surface area contributed by atoms with E-state index in [1.54, 1.807) is 0 Å². The summed E-state index contributed by atoms with van der Waals surface area (Å²) in [4.78, 5) is 16.9. The molecule has 2 rings (SSSR count). The van der Waals surface area contributed by atoms with Crippen molar-refractivity contribution in [3.8, 4) is 0 Å². The zero-order valence-electron chi connectivity index (χ0n) is 14.4. The van der Waals surface area contributed by atoms with Crippen molar-refractivity contribution in [3.05, 3.63) is 42.0 Å². The van der Waals surface area contributed by atoms with Crippen LogP contribution in [0, 0.1) is 0 Å². The first-order chi connectivity index (χ1) is 11.3. The summed E-state index contributed by atoms with van der Waals surface area (Å²) in [5, 5.41) is 0. The molecule has 0 aliphatic carbocycles. The molecule has 3 heteroatoms. The first-order valence-corrected chi connectivity index (χ1v) is 9.01. The number of carbonyl (C=O) groups excluding carboxylic acids is 1. The number of rotatable bonds is 9. The molecule has 0 spiro atoms. The van der Waals surface area contributed by atoms with Crippen molar-refractivity contribution in [2.45, 2.75) is 39.0 Å². The highest BCUT2D eigenvalue weighted by atomic mass is 16.2. The maximum atomic E-state index is 12.4. The number of likely N-dealkylation sites (tertiary alicyclic amines) is 1. The summed E-state index contributed by atoms with van der Waals surface area (Å²) < 4.78 is 0. The summed E-state index contributed by atoms with van der Waals surface area (Å²) in [6.45, 7) is 7.09. The van der Waals surface area contributed by atoms with Gasteiger partial charge in [-0.1, -0.05) is 55.8 Å². The Hall–Kier alpha value is -1.61. The Morgan fingerprint density at radius 2 is 1.96 bits per heavy atom. The van der Waals surface area contributed by atoms with Crippen molar-refractivity contribution in [1.82, 2.24) is 9.80 Å². The van der Waals surface area contributed by atoms with Crippen LogP contribution in [0.25, 0.3) is 6.08 Å². The lowest BCUT2D eigenvalue weighted by Gasteiger charge is -2.24. The molecule has 0 saturated carbocycles. The van der Waals surface area contributed by atoms with Gasteiger partial charge in [-0.15, -0.1) is 0 Å². The van der Waals surface area contributed by atoms with Crippen LogP contribution in [0.1, 0.15) is 44.6 Å². The zero-order chi connectivity index (χ0) is 16.3. The van der Waals surface area contributed by atoms with Crippen molar-refractivity contribution in [3.63, 3.8) is 0 Å². The lowest BCUT2D eigenvalue weighted by Crippen LogP contribution is -2.38. The number of hydrogen-bond donors (Lipinski definition) is 0. The monoisotopic (exact) mass is 314 g/mol. The highest BCUT2D eigenvalue weighted by Gasteiger charge is 2.15. The molecule has 126 valence electrons. The van der Waals surface area contributed by atoms with Crippen molar-refractivity contribution in [2.75, 3.05) is 32.7 Å². The van der Waals surface area contributed by atoms with Gasteiger partial charge in [0.1, 0.15) is 0 Å². The molecule has 0 aromatic heterocycles. The van der Waals surface area contributed by atoms with E-state index in [2.05, 4.69) is 36.1 Å². The molecule has 1 aromatic carbocycles. The van der Waals surface area contributed by atoms with Gasteiger partial charge in [0, 0.05) is 26.1 Å². The number of carbonyl (C=O) groups is 1. The van der Waals surface area contributed by atoms with Gasteiger partial charge in [-0.2, -0.15) is 0 Å². The predicted octanol–water partition coefficient (Wildman–Crippen LogP) is 3.81. The number of unbranched alkanes of at least 4 members (excludes halogenated alkanes) is 1. The van der Waals surface area contributed by atoms with Gasteiger partial charge in [-0.05, 0) is 37.9 Å². The number of amides is 1. The van der Waals surface area contributed by atoms with Crippen molar-refractivity contribution in [2.24, 2.45) is 0 Å². The van der Waals surface area contributed by atoms with Crippen LogP contribution in [-0.2, 0) is 4.79 Å². The average Bonchev–Trinajstić information content (AvgIpc) is 3.10. The third-order valence-electron chi connectivity index (χ3n) is 4.42. The summed E-state index contributed by atoms with van der Waals surface area (Å²) in [6.07, 6.45) is 9.57. The quantitative estimate of drug-likeness (QED) is 0.692. The molecule has 1 aliphatic rings. The number of hydrogen-bond acceptors (Lipinski definition) is 2. The number of nitrogens with zero attached hydrogens (tertiary/aromatic N) is 2. The van der Waals surface area contributed by atoms with Crippen molar-refractivity contribution >= 4 is 12.0 Å². The Morgan fingerprint density at radius 1 is 1.22 bits per heavy atom. The van der Waals surface area contributed by atoms with Crippen LogP contribution in [0.3, 0.4) is 0 Å². The highest BCUT2D eigenvalue weighted by molar-refractivity contribution is 5.76. The van der Waals surface area contributed by atoms with Gasteiger partial charge in [-0.25, -0.2) is 0 Å². The summed E-state index contributed by atoms with van der Waals surface area (Å²) in [6, 6.07) is 10.3. The van der Waals surface area contributed by atoms with Gasteiger partial charge >= 0.3 is 0 Å². The summed E-state index contributed by atoms with van der Waals surface area (Å²) >= 11 is 0. The van der Waals surface area contributed by atoms with E-state index in [1.807, 2.05) is 23.1 Å². The van der Waals surface area contributed by atoms with E-state index >= 15 is 0 Å². The Morgan fingerprint density at radius 3 is 2.65 bits per heavy atom. The Labute approximate surface area is 141 Å². The van der Waals surface area contributed by atoms with Gasteiger partial charge in [0.2, 0.25) is 5.91 Å². The van der Waals surface area contributed by atoms with Crippen LogP contribution >= 0.6 is 0 Å². The molecule has 1 saturated heterocycles. The van der Waals surface area contributed by atoms with Crippen molar-refractivity contribution in [1.29, 1.82) is 0 Å². The molecule has 1 amide bonds. The minimum Gasteiger partial charge on any atom is -0.338 e. The van der Waals surface area contributed by atoms with Crippen LogP contribution in [0.15, 0.2) is 36.4 Å². The van der Waals surface area contributed by atoms with Gasteiger partial charge in [0.25, 0.3) is 0 Å². The van der Waals surface area contributed by atoms with Gasteiger partial charge in [-0.3, -0.25) is 4.79 Å². The molecule has 1 aliphatic heterocycles. The Balaban J connectivity index is 1.86. The summed E-state index contributed by atoms with van der Waals surface area (Å²) in [5.74, 6) is 0.295. The van der Waals surface area contributed by atoms with Gasteiger partial charge in [0.15, 0.2) is 0 Å². The highest BCUT2D eigenvalue weighted by Crippen LogP contribution is 2.08. The second kappa shape index (κ2) is 10.2. The van der Waals surface area contributed by atoms with Crippen LogP contribution in [0.4, 0.5) is 0 Å². The van der Waals surface area contributed by atoms with Crippen LogP contribution in [-0.4, -0.2) is 48.4 Å². The molecule has 0 N–H and O–H groups in total. The standard InChI is InChI=1S/C20H30N2O/c1-2-3-13-20(23)22(18-17-21-14-7-8-15-21)16-9-12-19-10-5-4-6-11-19/h4-6,9-12H,2-3,7-8,13-18H2,1H3/b12-9+. The molecule has 0 atom stereocenters. The number of benzene rings is 1. The van der Waals surface area contributed by atoms with E-state index < -0.39 is 0 Å². The van der Waals surface area contributed by atoms with Gasteiger partial charge in [0.05, 0.1) is 0 Å². The Bertz CT molecular complexity index is 478. The molecule has 3 nitrogen and oxygen atoms in total. The zero-order valence-corrected chi connectivity index (χ0v) is 14.4. The van der Waals surface area contributed by atoms with Crippen LogP contribution in [0.5, 0.6) is 0 Å². The first-order valence-electron chi connectivity index (χ1n) is 9.01.